The molecule has 1 saturated heterocycles. The van der Waals surface area contributed by atoms with Crippen molar-refractivity contribution in [1.29, 1.82) is 0 Å². The fourth-order valence-electron chi connectivity index (χ4n) is 3.75. The minimum Gasteiger partial charge on any atom is -0.507 e. The number of aromatic nitrogens is 2. The Bertz CT molecular complexity index is 1290. The van der Waals surface area contributed by atoms with Crippen LogP contribution in [-0.2, 0) is 9.59 Å². The highest BCUT2D eigenvalue weighted by atomic mass is 32.1. The van der Waals surface area contributed by atoms with Crippen molar-refractivity contribution in [2.45, 2.75) is 13.0 Å². The summed E-state index contributed by atoms with van der Waals surface area (Å²) in [5.41, 5.74) is 0.0466. The fraction of sp³-hybridized carbons (Fsp3) is 0.182. The molecule has 1 fully saturated rings. The third-order valence-corrected chi connectivity index (χ3v) is 6.02. The van der Waals surface area contributed by atoms with Gasteiger partial charge in [-0.15, -0.1) is 10.2 Å². The number of hydrogen-bond donors (Lipinski definition) is 1. The standard InChI is InChI=1S/C22H16FN3O5S/c1-11-24-25-22(32-11)26-18(13-4-2-3-5-14(13)23)17(20(28)21(26)29)19(27)12-6-7-15-16(10-12)31-9-8-30-15/h2-7,10,18,27H,8-9H2,1H3. The summed E-state index contributed by atoms with van der Waals surface area (Å²) in [5.74, 6) is -2.04. The van der Waals surface area contributed by atoms with E-state index in [0.717, 1.165) is 16.2 Å². The Morgan fingerprint density at radius 1 is 1.12 bits per heavy atom. The van der Waals surface area contributed by atoms with E-state index < -0.39 is 29.3 Å². The summed E-state index contributed by atoms with van der Waals surface area (Å²) in [6.45, 7) is 2.44. The van der Waals surface area contributed by atoms with Crippen molar-refractivity contribution in [2.75, 3.05) is 18.1 Å². The average Bonchev–Trinajstić information content (AvgIpc) is 3.34. The number of ether oxygens (including phenoxy) is 2. The molecule has 1 unspecified atom stereocenters. The van der Waals surface area contributed by atoms with Crippen LogP contribution in [0.3, 0.4) is 0 Å². The summed E-state index contributed by atoms with van der Waals surface area (Å²) in [6.07, 6.45) is 0. The number of aliphatic hydroxyl groups is 1. The number of carbonyl (C=O) groups is 2. The molecule has 1 aromatic heterocycles. The van der Waals surface area contributed by atoms with Crippen LogP contribution in [0.4, 0.5) is 9.52 Å². The van der Waals surface area contributed by atoms with E-state index in [-0.39, 0.29) is 21.8 Å². The molecule has 0 radical (unpaired) electrons. The van der Waals surface area contributed by atoms with Gasteiger partial charge in [0.25, 0.3) is 5.78 Å². The molecule has 2 aromatic carbocycles. The van der Waals surface area contributed by atoms with Crippen LogP contribution >= 0.6 is 11.3 Å². The molecule has 0 aliphatic carbocycles. The van der Waals surface area contributed by atoms with E-state index in [0.29, 0.717) is 29.7 Å². The smallest absolute Gasteiger partial charge is 0.301 e. The molecule has 2 aliphatic heterocycles. The van der Waals surface area contributed by atoms with E-state index in [4.69, 9.17) is 9.47 Å². The lowest BCUT2D eigenvalue weighted by molar-refractivity contribution is -0.132. The second kappa shape index (κ2) is 7.72. The van der Waals surface area contributed by atoms with Crippen molar-refractivity contribution in [3.8, 4) is 11.5 Å². The van der Waals surface area contributed by atoms with Crippen molar-refractivity contribution >= 4 is 33.9 Å². The molecule has 32 heavy (non-hydrogen) atoms. The molecule has 1 amide bonds. The molecular weight excluding hydrogens is 437 g/mol. The Morgan fingerprint density at radius 2 is 1.88 bits per heavy atom. The number of fused-ring (bicyclic) bond motifs is 1. The van der Waals surface area contributed by atoms with Gasteiger partial charge in [0.15, 0.2) is 11.5 Å². The van der Waals surface area contributed by atoms with Gasteiger partial charge in [-0.1, -0.05) is 29.5 Å². The van der Waals surface area contributed by atoms with Crippen LogP contribution in [0.1, 0.15) is 22.2 Å². The summed E-state index contributed by atoms with van der Waals surface area (Å²) in [4.78, 5) is 27.1. The van der Waals surface area contributed by atoms with E-state index in [9.17, 15) is 19.1 Å². The molecule has 8 nitrogen and oxygen atoms in total. The van der Waals surface area contributed by atoms with Crippen molar-refractivity contribution in [2.24, 2.45) is 0 Å². The maximum atomic E-state index is 14.8. The predicted octanol–water partition coefficient (Wildman–Crippen LogP) is 3.38. The monoisotopic (exact) mass is 453 g/mol. The topological polar surface area (TPSA) is 102 Å². The Morgan fingerprint density at radius 3 is 2.59 bits per heavy atom. The molecular formula is C22H16FN3O5S. The number of amides is 1. The number of nitrogens with zero attached hydrogens (tertiary/aromatic N) is 3. The zero-order valence-electron chi connectivity index (χ0n) is 16.7. The quantitative estimate of drug-likeness (QED) is 0.368. The number of rotatable bonds is 3. The third-order valence-electron chi connectivity index (χ3n) is 5.18. The van der Waals surface area contributed by atoms with Crippen molar-refractivity contribution in [1.82, 2.24) is 10.2 Å². The van der Waals surface area contributed by atoms with Gasteiger partial charge < -0.3 is 14.6 Å². The molecule has 0 spiro atoms. The number of anilines is 1. The van der Waals surface area contributed by atoms with Gasteiger partial charge in [-0.25, -0.2) is 4.39 Å². The van der Waals surface area contributed by atoms with E-state index >= 15 is 0 Å². The lowest BCUT2D eigenvalue weighted by Gasteiger charge is -2.23. The molecule has 0 saturated carbocycles. The second-order valence-corrected chi connectivity index (χ2v) is 8.31. The molecule has 3 aromatic rings. The van der Waals surface area contributed by atoms with Gasteiger partial charge in [0, 0.05) is 11.1 Å². The molecule has 1 N–H and O–H groups in total. The SMILES string of the molecule is Cc1nnc(N2C(=O)C(=O)C(=C(O)c3ccc4c(c3)OCCO4)C2c2ccccc2F)s1. The number of aliphatic hydroxyl groups excluding tert-OH is 1. The fourth-order valence-corrected chi connectivity index (χ4v) is 4.46. The van der Waals surface area contributed by atoms with Gasteiger partial charge in [-0.2, -0.15) is 0 Å². The predicted molar refractivity (Wildman–Crippen MR) is 113 cm³/mol. The maximum absolute atomic E-state index is 14.8. The van der Waals surface area contributed by atoms with E-state index in [2.05, 4.69) is 10.2 Å². The number of carbonyl (C=O) groups excluding carboxylic acids is 2. The number of hydrogen-bond acceptors (Lipinski definition) is 8. The van der Waals surface area contributed by atoms with Gasteiger partial charge in [0.2, 0.25) is 5.13 Å². The molecule has 10 heteroatoms. The molecule has 1 atom stereocenters. The van der Waals surface area contributed by atoms with E-state index in [1.165, 1.54) is 24.3 Å². The molecule has 0 bridgehead atoms. The van der Waals surface area contributed by atoms with Crippen LogP contribution in [0.5, 0.6) is 11.5 Å². The van der Waals surface area contributed by atoms with Crippen LogP contribution < -0.4 is 14.4 Å². The first-order valence-electron chi connectivity index (χ1n) is 9.71. The van der Waals surface area contributed by atoms with Crippen molar-refractivity contribution < 1.29 is 28.6 Å². The summed E-state index contributed by atoms with van der Waals surface area (Å²) in [5, 5.41) is 19.7. The summed E-state index contributed by atoms with van der Waals surface area (Å²) >= 11 is 1.09. The molecule has 2 aliphatic rings. The largest absolute Gasteiger partial charge is 0.507 e. The molecule has 162 valence electrons. The highest BCUT2D eigenvalue weighted by Crippen LogP contribution is 2.44. The zero-order chi connectivity index (χ0) is 22.4. The lowest BCUT2D eigenvalue weighted by Crippen LogP contribution is -2.29. The van der Waals surface area contributed by atoms with Crippen LogP contribution in [0, 0.1) is 12.7 Å². The molecule has 3 heterocycles. The van der Waals surface area contributed by atoms with Crippen molar-refractivity contribution in [3.05, 3.63) is 70.0 Å². The van der Waals surface area contributed by atoms with Gasteiger partial charge in [0.05, 0.1) is 5.57 Å². The highest BCUT2D eigenvalue weighted by Gasteiger charge is 2.49. The van der Waals surface area contributed by atoms with Crippen molar-refractivity contribution in [3.63, 3.8) is 0 Å². The summed E-state index contributed by atoms with van der Waals surface area (Å²) < 4.78 is 25.9. The summed E-state index contributed by atoms with van der Waals surface area (Å²) in [7, 11) is 0. The van der Waals surface area contributed by atoms with Gasteiger partial charge in [-0.3, -0.25) is 14.5 Å². The number of aryl methyl sites for hydroxylation is 1. The van der Waals surface area contributed by atoms with E-state index in [1.54, 1.807) is 25.1 Å². The molecule has 5 rings (SSSR count). The average molecular weight is 453 g/mol. The van der Waals surface area contributed by atoms with Crippen LogP contribution in [0.2, 0.25) is 0 Å². The zero-order valence-corrected chi connectivity index (χ0v) is 17.6. The number of Topliss-reactive ketones (excluding diaryl/α,β-unsaturated/α-hetero) is 1. The van der Waals surface area contributed by atoms with Gasteiger partial charge in [0.1, 0.15) is 35.8 Å². The van der Waals surface area contributed by atoms with Gasteiger partial charge in [-0.05, 0) is 31.2 Å². The van der Waals surface area contributed by atoms with E-state index in [1.807, 2.05) is 0 Å². The first-order chi connectivity index (χ1) is 15.5. The minimum atomic E-state index is -1.21. The number of ketones is 1. The Hall–Kier alpha value is -3.79. The number of benzene rings is 2. The summed E-state index contributed by atoms with van der Waals surface area (Å²) in [6, 6.07) is 9.24. The Labute approximate surface area is 185 Å². The maximum Gasteiger partial charge on any atom is 0.301 e. The minimum absolute atomic E-state index is 0.0543. The van der Waals surface area contributed by atoms with Crippen LogP contribution in [-0.4, -0.2) is 40.2 Å². The first kappa shape index (κ1) is 20.1. The number of halogens is 1. The third kappa shape index (κ3) is 3.19. The first-order valence-corrected chi connectivity index (χ1v) is 10.5. The van der Waals surface area contributed by atoms with Crippen LogP contribution in [0.25, 0.3) is 5.76 Å². The lowest BCUT2D eigenvalue weighted by atomic mass is 9.95. The normalized spacial score (nSPS) is 19.4. The van der Waals surface area contributed by atoms with Gasteiger partial charge >= 0.3 is 5.91 Å². The van der Waals surface area contributed by atoms with Crippen LogP contribution in [0.15, 0.2) is 48.0 Å². The Balaban J connectivity index is 1.71. The second-order valence-electron chi connectivity index (χ2n) is 7.15. The Kier molecular flexibility index (Phi) is 4.86. The highest BCUT2D eigenvalue weighted by molar-refractivity contribution is 7.15.